The summed E-state index contributed by atoms with van der Waals surface area (Å²) in [7, 11) is 0. The summed E-state index contributed by atoms with van der Waals surface area (Å²) in [4.78, 5) is 29.0. The lowest BCUT2D eigenvalue weighted by molar-refractivity contribution is -0.122. The predicted octanol–water partition coefficient (Wildman–Crippen LogP) is 4.22. The first-order valence-electron chi connectivity index (χ1n) is 10.8. The third-order valence-electron chi connectivity index (χ3n) is 6.16. The second-order valence-corrected chi connectivity index (χ2v) is 9.19. The average molecular weight is 436 g/mol. The molecule has 1 aliphatic rings. The number of aromatic amines is 1. The minimum absolute atomic E-state index is 0.0399. The van der Waals surface area contributed by atoms with Gasteiger partial charge in [0, 0.05) is 46.9 Å². The highest BCUT2D eigenvalue weighted by Crippen LogP contribution is 2.30. The van der Waals surface area contributed by atoms with Crippen molar-refractivity contribution in [2.75, 3.05) is 12.8 Å². The quantitative estimate of drug-likeness (QED) is 0.441. The van der Waals surface area contributed by atoms with Crippen LogP contribution in [0.3, 0.4) is 0 Å². The molecule has 31 heavy (non-hydrogen) atoms. The number of nitrogens with one attached hydrogen (secondary N) is 3. The number of benzene rings is 2. The van der Waals surface area contributed by atoms with Crippen LogP contribution in [0.15, 0.2) is 59.6 Å². The minimum atomic E-state index is -0.327. The van der Waals surface area contributed by atoms with Crippen molar-refractivity contribution in [3.8, 4) is 0 Å². The van der Waals surface area contributed by atoms with Crippen LogP contribution in [0.25, 0.3) is 10.9 Å². The van der Waals surface area contributed by atoms with E-state index < -0.39 is 0 Å². The van der Waals surface area contributed by atoms with Gasteiger partial charge in [-0.15, -0.1) is 11.8 Å². The van der Waals surface area contributed by atoms with Crippen LogP contribution in [0.2, 0.25) is 0 Å². The Hall–Kier alpha value is -2.73. The molecule has 1 aromatic heterocycles. The zero-order valence-electron chi connectivity index (χ0n) is 17.9. The van der Waals surface area contributed by atoms with Crippen molar-refractivity contribution < 1.29 is 9.59 Å². The van der Waals surface area contributed by atoms with E-state index in [-0.39, 0.29) is 17.4 Å². The molecule has 1 saturated heterocycles. The normalized spacial score (nSPS) is 18.3. The Bertz CT molecular complexity index is 1060. The number of H-pyrrole nitrogens is 1. The van der Waals surface area contributed by atoms with Crippen LogP contribution >= 0.6 is 11.8 Å². The average Bonchev–Trinajstić information content (AvgIpc) is 3.37. The fourth-order valence-corrected chi connectivity index (χ4v) is 4.84. The first kappa shape index (κ1) is 21.5. The number of carbonyl (C=O) groups is 2. The van der Waals surface area contributed by atoms with Crippen LogP contribution in [-0.4, -0.2) is 35.1 Å². The second-order valence-electron chi connectivity index (χ2n) is 8.31. The molecule has 4 rings (SSSR count). The van der Waals surface area contributed by atoms with Gasteiger partial charge in [-0.25, -0.2) is 0 Å². The summed E-state index contributed by atoms with van der Waals surface area (Å²) in [6.07, 6.45) is 8.01. The maximum atomic E-state index is 12.5. The Balaban J connectivity index is 1.30. The molecule has 0 spiro atoms. The number of hydrogen-bond donors (Lipinski definition) is 3. The fourth-order valence-electron chi connectivity index (χ4n) is 4.43. The van der Waals surface area contributed by atoms with Crippen LogP contribution in [0.4, 0.5) is 0 Å². The molecule has 1 unspecified atom stereocenters. The van der Waals surface area contributed by atoms with E-state index in [1.807, 2.05) is 18.3 Å². The molecule has 0 radical (unpaired) electrons. The molecule has 6 heteroatoms. The van der Waals surface area contributed by atoms with E-state index in [4.69, 9.17) is 0 Å². The summed E-state index contributed by atoms with van der Waals surface area (Å²) >= 11 is 1.72. The predicted molar refractivity (Wildman–Crippen MR) is 126 cm³/mol. The summed E-state index contributed by atoms with van der Waals surface area (Å²) in [6.45, 7) is 0.607. The van der Waals surface area contributed by atoms with Crippen molar-refractivity contribution in [1.29, 1.82) is 0 Å². The molecule has 0 saturated carbocycles. The van der Waals surface area contributed by atoms with Crippen molar-refractivity contribution >= 4 is 34.5 Å². The van der Waals surface area contributed by atoms with E-state index in [9.17, 15) is 9.59 Å². The Kier molecular flexibility index (Phi) is 6.66. The van der Waals surface area contributed by atoms with Crippen molar-refractivity contribution in [2.45, 2.75) is 49.0 Å². The smallest absolute Gasteiger partial charge is 0.220 e. The van der Waals surface area contributed by atoms with E-state index in [1.54, 1.807) is 11.8 Å². The van der Waals surface area contributed by atoms with Gasteiger partial charge in [0.05, 0.1) is 0 Å². The zero-order chi connectivity index (χ0) is 21.7. The molecule has 1 atom stereocenters. The van der Waals surface area contributed by atoms with Gasteiger partial charge in [0.25, 0.3) is 0 Å². The number of thioether (sulfide) groups is 1. The monoisotopic (exact) mass is 435 g/mol. The van der Waals surface area contributed by atoms with Gasteiger partial charge >= 0.3 is 0 Å². The van der Waals surface area contributed by atoms with Gasteiger partial charge in [0.2, 0.25) is 11.8 Å². The summed E-state index contributed by atoms with van der Waals surface area (Å²) < 4.78 is 0. The molecule has 0 bridgehead atoms. The van der Waals surface area contributed by atoms with E-state index >= 15 is 0 Å². The van der Waals surface area contributed by atoms with Gasteiger partial charge in [-0.1, -0.05) is 30.3 Å². The van der Waals surface area contributed by atoms with Gasteiger partial charge < -0.3 is 15.6 Å². The SMILES string of the molecule is CSc1ccc(CC2(CCC(=O)NCCc3c[nH]c4ccccc34)CCC(=O)N2)cc1. The highest BCUT2D eigenvalue weighted by molar-refractivity contribution is 7.98. The third kappa shape index (κ3) is 5.31. The van der Waals surface area contributed by atoms with Crippen molar-refractivity contribution in [2.24, 2.45) is 0 Å². The van der Waals surface area contributed by atoms with Crippen LogP contribution in [0.1, 0.15) is 36.8 Å². The molecule has 2 amide bonds. The zero-order valence-corrected chi connectivity index (χ0v) is 18.7. The third-order valence-corrected chi connectivity index (χ3v) is 6.90. The number of aromatic nitrogens is 1. The Morgan fingerprint density at radius 1 is 1.16 bits per heavy atom. The number of amides is 2. The van der Waals surface area contributed by atoms with Gasteiger partial charge in [-0.2, -0.15) is 0 Å². The first-order valence-corrected chi connectivity index (χ1v) is 12.0. The lowest BCUT2D eigenvalue weighted by Crippen LogP contribution is -2.44. The number of hydrogen-bond acceptors (Lipinski definition) is 3. The Morgan fingerprint density at radius 3 is 2.71 bits per heavy atom. The summed E-state index contributed by atoms with van der Waals surface area (Å²) in [6, 6.07) is 16.7. The molecule has 1 fully saturated rings. The van der Waals surface area contributed by atoms with Gasteiger partial charge in [0.1, 0.15) is 0 Å². The molecular weight excluding hydrogens is 406 g/mol. The van der Waals surface area contributed by atoms with Crippen LogP contribution < -0.4 is 10.6 Å². The maximum absolute atomic E-state index is 12.5. The molecule has 5 nitrogen and oxygen atoms in total. The first-order chi connectivity index (χ1) is 15.1. The number of rotatable bonds is 9. The second kappa shape index (κ2) is 9.60. The highest BCUT2D eigenvalue weighted by atomic mass is 32.2. The lowest BCUT2D eigenvalue weighted by atomic mass is 9.85. The van der Waals surface area contributed by atoms with Crippen LogP contribution in [0, 0.1) is 0 Å². The molecule has 1 aliphatic heterocycles. The molecule has 2 heterocycles. The minimum Gasteiger partial charge on any atom is -0.361 e. The topological polar surface area (TPSA) is 74.0 Å². The molecular formula is C25H29N3O2S. The summed E-state index contributed by atoms with van der Waals surface area (Å²) in [5.41, 5.74) is 3.20. The van der Waals surface area contributed by atoms with Gasteiger partial charge in [0.15, 0.2) is 0 Å². The summed E-state index contributed by atoms with van der Waals surface area (Å²) in [5, 5.41) is 7.42. The molecule has 3 N–H and O–H groups in total. The van der Waals surface area contributed by atoms with Crippen LogP contribution in [-0.2, 0) is 22.4 Å². The van der Waals surface area contributed by atoms with E-state index in [0.29, 0.717) is 25.8 Å². The van der Waals surface area contributed by atoms with E-state index in [0.717, 1.165) is 24.8 Å². The van der Waals surface area contributed by atoms with E-state index in [2.05, 4.69) is 58.3 Å². The number of carbonyl (C=O) groups excluding carboxylic acids is 2. The van der Waals surface area contributed by atoms with Crippen molar-refractivity contribution in [3.05, 3.63) is 65.9 Å². The van der Waals surface area contributed by atoms with E-state index in [1.165, 1.54) is 21.4 Å². The standard InChI is InChI=1S/C25H29N3O2S/c1-31-20-8-6-18(7-9-20)16-25(14-11-24(30)28-25)13-10-23(29)26-15-12-19-17-27-22-5-3-2-4-21(19)22/h2-9,17,27H,10-16H2,1H3,(H,26,29)(H,28,30). The largest absolute Gasteiger partial charge is 0.361 e. The number of fused-ring (bicyclic) bond motifs is 1. The highest BCUT2D eigenvalue weighted by Gasteiger charge is 2.37. The van der Waals surface area contributed by atoms with Gasteiger partial charge in [-0.05, 0) is 61.3 Å². The van der Waals surface area contributed by atoms with Crippen molar-refractivity contribution in [1.82, 2.24) is 15.6 Å². The van der Waals surface area contributed by atoms with Crippen molar-refractivity contribution in [3.63, 3.8) is 0 Å². The maximum Gasteiger partial charge on any atom is 0.220 e. The Labute approximate surface area is 187 Å². The number of para-hydroxylation sites is 1. The van der Waals surface area contributed by atoms with Gasteiger partial charge in [-0.3, -0.25) is 9.59 Å². The van der Waals surface area contributed by atoms with Crippen LogP contribution in [0.5, 0.6) is 0 Å². The fraction of sp³-hybridized carbons (Fsp3) is 0.360. The Morgan fingerprint density at radius 2 is 1.97 bits per heavy atom. The molecule has 0 aliphatic carbocycles. The summed E-state index contributed by atoms with van der Waals surface area (Å²) in [5.74, 6) is 0.124. The lowest BCUT2D eigenvalue weighted by Gasteiger charge is -2.29. The molecule has 162 valence electrons. The molecule has 2 aromatic carbocycles. The molecule has 3 aromatic rings.